The van der Waals surface area contributed by atoms with Gasteiger partial charge in [0.2, 0.25) is 0 Å². The Labute approximate surface area is 182 Å². The number of aryl methyl sites for hydroxylation is 1. The molecule has 0 bridgehead atoms. The monoisotopic (exact) mass is 411 g/mol. The third kappa shape index (κ3) is 4.67. The molecule has 0 aliphatic carbocycles. The second kappa shape index (κ2) is 9.30. The van der Waals surface area contributed by atoms with Crippen LogP contribution < -0.4 is 10.2 Å². The lowest BCUT2D eigenvalue weighted by Gasteiger charge is -2.08. The van der Waals surface area contributed by atoms with Gasteiger partial charge in [0.25, 0.3) is 5.91 Å². The van der Waals surface area contributed by atoms with E-state index >= 15 is 0 Å². The molecule has 4 aromatic rings. The number of para-hydroxylation sites is 1. The van der Waals surface area contributed by atoms with Crippen molar-refractivity contribution in [1.82, 2.24) is 9.99 Å². The third-order valence-electron chi connectivity index (χ3n) is 5.22. The smallest absolute Gasteiger partial charge is 0.271 e. The van der Waals surface area contributed by atoms with Crippen LogP contribution in [0.5, 0.6) is 5.75 Å². The number of hydrogen-bond acceptors (Lipinski definition) is 3. The van der Waals surface area contributed by atoms with Crippen molar-refractivity contribution in [3.05, 3.63) is 101 Å². The lowest BCUT2D eigenvalue weighted by molar-refractivity contribution is 0.0955. The Bertz CT molecular complexity index is 1220. The van der Waals surface area contributed by atoms with E-state index in [-0.39, 0.29) is 5.91 Å². The quantitative estimate of drug-likeness (QED) is 0.337. The third-order valence-corrected chi connectivity index (χ3v) is 5.22. The van der Waals surface area contributed by atoms with E-state index in [9.17, 15) is 4.79 Å². The number of carbonyl (C=O) groups is 1. The van der Waals surface area contributed by atoms with Crippen molar-refractivity contribution in [2.24, 2.45) is 5.10 Å². The molecule has 0 radical (unpaired) electrons. The molecule has 156 valence electrons. The van der Waals surface area contributed by atoms with Gasteiger partial charge in [0, 0.05) is 34.8 Å². The Morgan fingerprint density at radius 1 is 1.03 bits per heavy atom. The molecule has 0 spiro atoms. The van der Waals surface area contributed by atoms with Gasteiger partial charge in [0.1, 0.15) is 5.75 Å². The summed E-state index contributed by atoms with van der Waals surface area (Å²) in [6, 6.07) is 23.6. The van der Waals surface area contributed by atoms with E-state index in [0.717, 1.165) is 28.8 Å². The minimum atomic E-state index is -0.261. The van der Waals surface area contributed by atoms with E-state index < -0.39 is 0 Å². The molecule has 0 saturated carbocycles. The van der Waals surface area contributed by atoms with Crippen molar-refractivity contribution < 1.29 is 9.53 Å². The van der Waals surface area contributed by atoms with E-state index in [2.05, 4.69) is 64.6 Å². The van der Waals surface area contributed by atoms with Crippen LogP contribution in [0.15, 0.2) is 84.1 Å². The molecule has 5 heteroatoms. The predicted molar refractivity (Wildman–Crippen MR) is 125 cm³/mol. The Morgan fingerprint density at radius 3 is 2.55 bits per heavy atom. The lowest BCUT2D eigenvalue weighted by atomic mass is 10.1. The molecule has 3 aromatic carbocycles. The summed E-state index contributed by atoms with van der Waals surface area (Å²) >= 11 is 0. The lowest BCUT2D eigenvalue weighted by Crippen LogP contribution is -2.17. The van der Waals surface area contributed by atoms with E-state index in [4.69, 9.17) is 4.74 Å². The van der Waals surface area contributed by atoms with E-state index in [1.54, 1.807) is 30.5 Å². The standard InChI is InChI=1S/C26H25N3O2/c1-3-31-23-14-12-20(13-15-23)26(30)28-27-16-22-18-29(25-11-7-6-10-24(22)25)17-21-9-5-4-8-19(21)2/h4-16,18H,3,17H2,1-2H3,(H,28,30)/b27-16-. The molecule has 1 heterocycles. The molecule has 0 atom stereocenters. The van der Waals surface area contributed by atoms with Gasteiger partial charge in [-0.2, -0.15) is 5.10 Å². The molecular weight excluding hydrogens is 386 g/mol. The molecule has 31 heavy (non-hydrogen) atoms. The number of amides is 1. The van der Waals surface area contributed by atoms with Gasteiger partial charge in [-0.1, -0.05) is 42.5 Å². The fourth-order valence-corrected chi connectivity index (χ4v) is 3.57. The first-order chi connectivity index (χ1) is 15.2. The number of benzene rings is 3. The zero-order chi connectivity index (χ0) is 21.6. The second-order valence-electron chi connectivity index (χ2n) is 7.31. The minimum Gasteiger partial charge on any atom is -0.494 e. The summed E-state index contributed by atoms with van der Waals surface area (Å²) in [7, 11) is 0. The molecule has 0 unspecified atom stereocenters. The van der Waals surface area contributed by atoms with Crippen LogP contribution in [0.3, 0.4) is 0 Å². The van der Waals surface area contributed by atoms with Gasteiger partial charge >= 0.3 is 0 Å². The Kier molecular flexibility index (Phi) is 6.13. The Balaban J connectivity index is 1.52. The fourth-order valence-electron chi connectivity index (χ4n) is 3.57. The summed E-state index contributed by atoms with van der Waals surface area (Å²) in [5.74, 6) is 0.479. The first kappa shape index (κ1) is 20.4. The highest BCUT2D eigenvalue weighted by molar-refractivity contribution is 6.00. The summed E-state index contributed by atoms with van der Waals surface area (Å²) < 4.78 is 7.62. The van der Waals surface area contributed by atoms with Crippen LogP contribution in [0, 0.1) is 6.92 Å². The van der Waals surface area contributed by atoms with Gasteiger partial charge in [0.15, 0.2) is 0 Å². The number of ether oxygens (including phenoxy) is 1. The van der Waals surface area contributed by atoms with E-state index in [1.165, 1.54) is 11.1 Å². The first-order valence-corrected chi connectivity index (χ1v) is 10.3. The highest BCUT2D eigenvalue weighted by atomic mass is 16.5. The maximum Gasteiger partial charge on any atom is 0.271 e. The molecule has 1 aromatic heterocycles. The molecule has 0 aliphatic rings. The highest BCUT2D eigenvalue weighted by Gasteiger charge is 2.09. The summed E-state index contributed by atoms with van der Waals surface area (Å²) in [5.41, 5.74) is 7.76. The molecule has 0 aliphatic heterocycles. The number of rotatable bonds is 7. The van der Waals surface area contributed by atoms with Crippen LogP contribution >= 0.6 is 0 Å². The average molecular weight is 412 g/mol. The van der Waals surface area contributed by atoms with Crippen LogP contribution in [-0.2, 0) is 6.54 Å². The number of fused-ring (bicyclic) bond motifs is 1. The largest absolute Gasteiger partial charge is 0.494 e. The molecule has 0 saturated heterocycles. The van der Waals surface area contributed by atoms with Crippen molar-refractivity contribution in [3.8, 4) is 5.75 Å². The average Bonchev–Trinajstić information content (AvgIpc) is 3.13. The van der Waals surface area contributed by atoms with E-state index in [1.807, 2.05) is 19.1 Å². The zero-order valence-electron chi connectivity index (χ0n) is 17.7. The number of nitrogens with one attached hydrogen (secondary N) is 1. The topological polar surface area (TPSA) is 55.6 Å². The van der Waals surface area contributed by atoms with Crippen LogP contribution in [0.1, 0.15) is 34.0 Å². The SMILES string of the molecule is CCOc1ccc(C(=O)N/N=C\c2cn(Cc3ccccc3C)c3ccccc23)cc1. The number of hydrazone groups is 1. The molecular formula is C26H25N3O2. The van der Waals surface area contributed by atoms with Gasteiger partial charge in [-0.25, -0.2) is 5.43 Å². The van der Waals surface area contributed by atoms with Crippen LogP contribution in [-0.4, -0.2) is 23.3 Å². The fraction of sp³-hybridized carbons (Fsp3) is 0.154. The van der Waals surface area contributed by atoms with Crippen molar-refractivity contribution in [2.75, 3.05) is 6.61 Å². The van der Waals surface area contributed by atoms with Crippen LogP contribution in [0.25, 0.3) is 10.9 Å². The van der Waals surface area contributed by atoms with Crippen LogP contribution in [0.2, 0.25) is 0 Å². The summed E-state index contributed by atoms with van der Waals surface area (Å²) in [6.07, 6.45) is 3.77. The zero-order valence-corrected chi connectivity index (χ0v) is 17.7. The van der Waals surface area contributed by atoms with Crippen LogP contribution in [0.4, 0.5) is 0 Å². The highest BCUT2D eigenvalue weighted by Crippen LogP contribution is 2.22. The summed E-state index contributed by atoms with van der Waals surface area (Å²) in [4.78, 5) is 12.4. The first-order valence-electron chi connectivity index (χ1n) is 10.3. The predicted octanol–water partition coefficient (Wildman–Crippen LogP) is 5.16. The summed E-state index contributed by atoms with van der Waals surface area (Å²) in [5, 5.41) is 5.29. The number of carbonyl (C=O) groups excluding carboxylic acids is 1. The summed E-state index contributed by atoms with van der Waals surface area (Å²) in [6.45, 7) is 5.42. The van der Waals surface area contributed by atoms with Crippen molar-refractivity contribution in [2.45, 2.75) is 20.4 Å². The molecule has 1 amide bonds. The van der Waals surface area contributed by atoms with Crippen molar-refractivity contribution in [1.29, 1.82) is 0 Å². The van der Waals surface area contributed by atoms with Crippen molar-refractivity contribution in [3.63, 3.8) is 0 Å². The minimum absolute atomic E-state index is 0.261. The second-order valence-corrected chi connectivity index (χ2v) is 7.31. The molecule has 4 rings (SSSR count). The number of aromatic nitrogens is 1. The van der Waals surface area contributed by atoms with Gasteiger partial charge in [-0.15, -0.1) is 0 Å². The normalized spacial score (nSPS) is 11.2. The van der Waals surface area contributed by atoms with Gasteiger partial charge in [-0.3, -0.25) is 4.79 Å². The van der Waals surface area contributed by atoms with Crippen molar-refractivity contribution >= 4 is 23.0 Å². The molecule has 1 N–H and O–H groups in total. The molecule has 5 nitrogen and oxygen atoms in total. The Morgan fingerprint density at radius 2 is 1.77 bits per heavy atom. The maximum absolute atomic E-state index is 12.4. The Hall–Kier alpha value is -3.86. The van der Waals surface area contributed by atoms with Gasteiger partial charge in [-0.05, 0) is 55.3 Å². The number of nitrogens with zero attached hydrogens (tertiary/aromatic N) is 2. The van der Waals surface area contributed by atoms with E-state index in [0.29, 0.717) is 12.2 Å². The van der Waals surface area contributed by atoms with Gasteiger partial charge < -0.3 is 9.30 Å². The molecule has 0 fully saturated rings. The number of hydrogen-bond donors (Lipinski definition) is 1. The maximum atomic E-state index is 12.4. The van der Waals surface area contributed by atoms with Gasteiger partial charge in [0.05, 0.1) is 12.8 Å².